The molecule has 11 nitrogen and oxygen atoms in total. The standard InChI is InChI=1S/C18H13BrN6O5/c19-16-11-23(10-13-3-7-15(8-4-13)25(29)30)22-17(16)18(26)21-20-9-12-1-5-14(6-2-12)24(27)28/h1-9,11H,10H2,(H,21,26)/b20-9+. The van der Waals surface area contributed by atoms with Gasteiger partial charge in [-0.1, -0.05) is 12.1 Å². The number of hydrogen-bond donors (Lipinski definition) is 1. The van der Waals surface area contributed by atoms with Crippen LogP contribution in [0.5, 0.6) is 0 Å². The van der Waals surface area contributed by atoms with Gasteiger partial charge in [-0.3, -0.25) is 29.7 Å². The Morgan fingerprint density at radius 3 is 2.20 bits per heavy atom. The van der Waals surface area contributed by atoms with Crippen LogP contribution < -0.4 is 5.43 Å². The second-order valence-corrected chi connectivity index (χ2v) is 6.85. The maximum Gasteiger partial charge on any atom is 0.293 e. The first-order valence-electron chi connectivity index (χ1n) is 8.37. The maximum atomic E-state index is 12.3. The van der Waals surface area contributed by atoms with E-state index in [-0.39, 0.29) is 17.1 Å². The summed E-state index contributed by atoms with van der Waals surface area (Å²) < 4.78 is 1.97. The number of carbonyl (C=O) groups excluding carboxylic acids is 1. The van der Waals surface area contributed by atoms with Gasteiger partial charge in [0.15, 0.2) is 5.69 Å². The van der Waals surface area contributed by atoms with Gasteiger partial charge in [0.2, 0.25) is 0 Å². The van der Waals surface area contributed by atoms with Crippen LogP contribution in [0.25, 0.3) is 0 Å². The summed E-state index contributed by atoms with van der Waals surface area (Å²) in [5.41, 5.74) is 3.75. The molecule has 0 bridgehead atoms. The van der Waals surface area contributed by atoms with E-state index in [2.05, 4.69) is 31.6 Å². The maximum absolute atomic E-state index is 12.3. The molecule has 12 heteroatoms. The summed E-state index contributed by atoms with van der Waals surface area (Å²) in [5.74, 6) is -0.553. The van der Waals surface area contributed by atoms with E-state index in [0.29, 0.717) is 16.6 Å². The van der Waals surface area contributed by atoms with E-state index in [0.717, 1.165) is 5.56 Å². The number of non-ortho nitro benzene ring substituents is 2. The molecule has 1 amide bonds. The first-order valence-corrected chi connectivity index (χ1v) is 9.17. The monoisotopic (exact) mass is 472 g/mol. The first kappa shape index (κ1) is 20.8. The van der Waals surface area contributed by atoms with Gasteiger partial charge in [-0.15, -0.1) is 0 Å². The number of rotatable bonds is 7. The number of benzene rings is 2. The number of nitro benzene ring substituents is 2. The van der Waals surface area contributed by atoms with E-state index >= 15 is 0 Å². The van der Waals surface area contributed by atoms with E-state index in [1.807, 2.05) is 0 Å². The zero-order chi connectivity index (χ0) is 21.7. The van der Waals surface area contributed by atoms with Crippen molar-refractivity contribution in [3.63, 3.8) is 0 Å². The van der Waals surface area contributed by atoms with Crippen LogP contribution in [0.1, 0.15) is 21.6 Å². The second kappa shape index (κ2) is 9.05. The van der Waals surface area contributed by atoms with Gasteiger partial charge in [0.05, 0.1) is 27.1 Å². The van der Waals surface area contributed by atoms with E-state index in [1.54, 1.807) is 18.3 Å². The minimum Gasteiger partial charge on any atom is -0.266 e. The molecule has 3 rings (SSSR count). The summed E-state index contributed by atoms with van der Waals surface area (Å²) in [6.45, 7) is 0.315. The number of amides is 1. The van der Waals surface area contributed by atoms with Crippen LogP contribution in [-0.4, -0.2) is 31.7 Å². The fourth-order valence-electron chi connectivity index (χ4n) is 2.44. The van der Waals surface area contributed by atoms with E-state index in [9.17, 15) is 25.0 Å². The summed E-state index contributed by atoms with van der Waals surface area (Å²) in [6.07, 6.45) is 2.96. The molecule has 0 saturated heterocycles. The Balaban J connectivity index is 1.63. The molecule has 0 spiro atoms. The number of nitrogens with zero attached hydrogens (tertiary/aromatic N) is 5. The lowest BCUT2D eigenvalue weighted by atomic mass is 10.2. The quantitative estimate of drug-likeness (QED) is 0.317. The molecular weight excluding hydrogens is 460 g/mol. The highest BCUT2D eigenvalue weighted by atomic mass is 79.9. The molecule has 152 valence electrons. The predicted octanol–water partition coefficient (Wildman–Crippen LogP) is 3.27. The van der Waals surface area contributed by atoms with E-state index in [4.69, 9.17) is 0 Å². The normalized spacial score (nSPS) is 10.8. The van der Waals surface area contributed by atoms with Gasteiger partial charge >= 0.3 is 0 Å². The van der Waals surface area contributed by atoms with Crippen LogP contribution >= 0.6 is 15.9 Å². The van der Waals surface area contributed by atoms with Crippen molar-refractivity contribution in [3.05, 3.63) is 96.2 Å². The molecule has 2 aromatic carbocycles. The van der Waals surface area contributed by atoms with Gasteiger partial charge in [-0.05, 0) is 39.2 Å². The molecule has 0 aliphatic heterocycles. The Morgan fingerprint density at radius 1 is 1.07 bits per heavy atom. The van der Waals surface area contributed by atoms with Crippen LogP contribution in [-0.2, 0) is 6.54 Å². The lowest BCUT2D eigenvalue weighted by Crippen LogP contribution is -2.19. The average molecular weight is 473 g/mol. The minimum atomic E-state index is -0.553. The summed E-state index contributed by atoms with van der Waals surface area (Å²) in [5, 5.41) is 29.4. The van der Waals surface area contributed by atoms with Gasteiger partial charge < -0.3 is 0 Å². The van der Waals surface area contributed by atoms with Crippen molar-refractivity contribution in [2.75, 3.05) is 0 Å². The Morgan fingerprint density at radius 2 is 1.63 bits per heavy atom. The van der Waals surface area contributed by atoms with Crippen LogP contribution in [0.2, 0.25) is 0 Å². The van der Waals surface area contributed by atoms with Crippen LogP contribution in [0, 0.1) is 20.2 Å². The molecule has 0 fully saturated rings. The van der Waals surface area contributed by atoms with Crippen molar-refractivity contribution >= 4 is 39.4 Å². The highest BCUT2D eigenvalue weighted by Gasteiger charge is 2.15. The number of nitro groups is 2. The lowest BCUT2D eigenvalue weighted by molar-refractivity contribution is -0.385. The molecule has 0 saturated carbocycles. The summed E-state index contributed by atoms with van der Waals surface area (Å²) >= 11 is 3.27. The van der Waals surface area contributed by atoms with Gasteiger partial charge in [0.25, 0.3) is 17.3 Å². The van der Waals surface area contributed by atoms with Crippen LogP contribution in [0.3, 0.4) is 0 Å². The van der Waals surface area contributed by atoms with Gasteiger partial charge in [0.1, 0.15) is 0 Å². The van der Waals surface area contributed by atoms with Crippen molar-refractivity contribution in [3.8, 4) is 0 Å². The molecule has 30 heavy (non-hydrogen) atoms. The highest BCUT2D eigenvalue weighted by molar-refractivity contribution is 9.10. The number of nitrogens with one attached hydrogen (secondary N) is 1. The zero-order valence-corrected chi connectivity index (χ0v) is 16.7. The molecule has 0 aliphatic carbocycles. The fraction of sp³-hybridized carbons (Fsp3) is 0.0556. The van der Waals surface area contributed by atoms with Crippen molar-refractivity contribution in [1.29, 1.82) is 0 Å². The number of halogens is 1. The third-order valence-electron chi connectivity index (χ3n) is 3.91. The third kappa shape index (κ3) is 5.11. The number of hydrogen-bond acceptors (Lipinski definition) is 7. The van der Waals surface area contributed by atoms with Crippen molar-refractivity contribution < 1.29 is 14.6 Å². The Bertz CT molecular complexity index is 1120. The largest absolute Gasteiger partial charge is 0.293 e. The molecule has 1 heterocycles. The summed E-state index contributed by atoms with van der Waals surface area (Å²) in [6, 6.07) is 11.7. The third-order valence-corrected chi connectivity index (χ3v) is 4.49. The van der Waals surface area contributed by atoms with Gasteiger partial charge in [-0.25, -0.2) is 5.43 Å². The SMILES string of the molecule is O=C(N/N=C/c1ccc([N+](=O)[O-])cc1)c1nn(Cc2ccc([N+](=O)[O-])cc2)cc1Br. The van der Waals surface area contributed by atoms with Crippen molar-refractivity contribution in [2.24, 2.45) is 5.10 Å². The molecule has 1 aromatic heterocycles. The Hall–Kier alpha value is -3.93. The first-order chi connectivity index (χ1) is 14.3. The molecule has 0 atom stereocenters. The van der Waals surface area contributed by atoms with Gasteiger partial charge in [0, 0.05) is 30.5 Å². The smallest absolute Gasteiger partial charge is 0.266 e. The fourth-order valence-corrected chi connectivity index (χ4v) is 2.94. The molecule has 0 unspecified atom stereocenters. The van der Waals surface area contributed by atoms with E-state index in [1.165, 1.54) is 47.3 Å². The van der Waals surface area contributed by atoms with Crippen LogP contribution in [0.4, 0.5) is 11.4 Å². The van der Waals surface area contributed by atoms with Gasteiger partial charge in [-0.2, -0.15) is 10.2 Å². The minimum absolute atomic E-state index is 0.00801. The highest BCUT2D eigenvalue weighted by Crippen LogP contribution is 2.17. The summed E-state index contributed by atoms with van der Waals surface area (Å²) in [7, 11) is 0. The number of carbonyl (C=O) groups is 1. The molecular formula is C18H13BrN6O5. The number of aromatic nitrogens is 2. The van der Waals surface area contributed by atoms with Crippen molar-refractivity contribution in [2.45, 2.75) is 6.54 Å². The molecule has 3 aromatic rings. The molecule has 0 aliphatic rings. The Kier molecular flexibility index (Phi) is 6.27. The second-order valence-electron chi connectivity index (χ2n) is 5.99. The zero-order valence-electron chi connectivity index (χ0n) is 15.1. The average Bonchev–Trinajstić information content (AvgIpc) is 3.08. The van der Waals surface area contributed by atoms with Crippen LogP contribution in [0.15, 0.2) is 64.3 Å². The molecule has 1 N–H and O–H groups in total. The Labute approximate surface area is 177 Å². The predicted molar refractivity (Wildman–Crippen MR) is 110 cm³/mol. The molecule has 0 radical (unpaired) electrons. The summed E-state index contributed by atoms with van der Waals surface area (Å²) in [4.78, 5) is 32.7. The topological polar surface area (TPSA) is 146 Å². The van der Waals surface area contributed by atoms with Crippen molar-refractivity contribution in [1.82, 2.24) is 15.2 Å². The lowest BCUT2D eigenvalue weighted by Gasteiger charge is -2.01. The number of hydrazone groups is 1. The van der Waals surface area contributed by atoms with E-state index < -0.39 is 15.8 Å².